The molecule has 1 aromatic heterocycles. The van der Waals surface area contributed by atoms with E-state index in [2.05, 4.69) is 16.7 Å². The van der Waals surface area contributed by atoms with Crippen LogP contribution in [0.5, 0.6) is 5.75 Å². The number of nitrogens with one attached hydrogen (secondary N) is 2. The highest BCUT2D eigenvalue weighted by molar-refractivity contribution is 6.35. The van der Waals surface area contributed by atoms with E-state index < -0.39 is 11.8 Å². The molecule has 2 amide bonds. The summed E-state index contributed by atoms with van der Waals surface area (Å²) in [6, 6.07) is 9.49. The van der Waals surface area contributed by atoms with Gasteiger partial charge in [-0.3, -0.25) is 9.59 Å². The third-order valence-electron chi connectivity index (χ3n) is 4.39. The van der Waals surface area contributed by atoms with Crippen molar-refractivity contribution in [2.24, 2.45) is 0 Å². The van der Waals surface area contributed by atoms with E-state index in [1.165, 1.54) is 11.8 Å². The molecule has 0 fully saturated rings. The van der Waals surface area contributed by atoms with Crippen molar-refractivity contribution in [3.05, 3.63) is 53.5 Å². The second-order valence-electron chi connectivity index (χ2n) is 6.42. The van der Waals surface area contributed by atoms with Crippen molar-refractivity contribution in [3.8, 4) is 5.75 Å². The molecule has 0 spiro atoms. The number of ether oxygens (including phenoxy) is 1. The number of hydrogen-bond donors (Lipinski definition) is 2. The molecule has 0 saturated carbocycles. The summed E-state index contributed by atoms with van der Waals surface area (Å²) in [4.78, 5) is 26.0. The summed E-state index contributed by atoms with van der Waals surface area (Å²) in [5, 5.41) is 5.24. The molecular formula is C19H23N3O4. The first-order valence-corrected chi connectivity index (χ1v) is 8.55. The lowest BCUT2D eigenvalue weighted by Crippen LogP contribution is -2.42. The summed E-state index contributed by atoms with van der Waals surface area (Å²) in [5.41, 5.74) is 2.26. The molecule has 138 valence electrons. The number of fused-ring (bicyclic) bond motifs is 1. The van der Waals surface area contributed by atoms with E-state index in [-0.39, 0.29) is 12.6 Å². The maximum atomic E-state index is 12.1. The molecule has 7 nitrogen and oxygen atoms in total. The SMILES string of the molecule is CN(C)[C@@H](CNC(=O)C(=O)NCc1ccco1)c1ccc2c(c1)CCO2. The fourth-order valence-corrected chi connectivity index (χ4v) is 2.94. The highest BCUT2D eigenvalue weighted by Gasteiger charge is 2.21. The Hall–Kier alpha value is -2.80. The highest BCUT2D eigenvalue weighted by atomic mass is 16.5. The number of nitrogens with zero attached hydrogens (tertiary/aromatic N) is 1. The first-order valence-electron chi connectivity index (χ1n) is 8.55. The van der Waals surface area contributed by atoms with Crippen molar-refractivity contribution in [2.75, 3.05) is 27.2 Å². The van der Waals surface area contributed by atoms with E-state index in [0.717, 1.165) is 17.7 Å². The number of likely N-dealkylation sites (N-methyl/N-ethyl adjacent to an activating group) is 1. The van der Waals surface area contributed by atoms with Crippen LogP contribution in [-0.2, 0) is 22.6 Å². The Labute approximate surface area is 152 Å². The van der Waals surface area contributed by atoms with E-state index in [4.69, 9.17) is 9.15 Å². The van der Waals surface area contributed by atoms with Crippen molar-refractivity contribution < 1.29 is 18.7 Å². The first-order chi connectivity index (χ1) is 12.5. The van der Waals surface area contributed by atoms with Crippen molar-refractivity contribution in [1.82, 2.24) is 15.5 Å². The molecule has 26 heavy (non-hydrogen) atoms. The Morgan fingerprint density at radius 3 is 2.73 bits per heavy atom. The second-order valence-corrected chi connectivity index (χ2v) is 6.42. The standard InChI is InChI=1S/C19H23N3O4/c1-22(2)16(13-5-6-17-14(10-13)7-9-26-17)12-21-19(24)18(23)20-11-15-4-3-8-25-15/h3-6,8,10,16H,7,9,11-12H2,1-2H3,(H,20,23)(H,21,24)/t16-/m0/s1. The van der Waals surface area contributed by atoms with E-state index >= 15 is 0 Å². The average molecular weight is 357 g/mol. The molecule has 2 N–H and O–H groups in total. The number of rotatable bonds is 6. The van der Waals surface area contributed by atoms with E-state index in [9.17, 15) is 9.59 Å². The largest absolute Gasteiger partial charge is 0.493 e. The maximum Gasteiger partial charge on any atom is 0.309 e. The van der Waals surface area contributed by atoms with Crippen LogP contribution >= 0.6 is 0 Å². The van der Waals surface area contributed by atoms with Crippen LogP contribution in [0.4, 0.5) is 0 Å². The number of furan rings is 1. The molecule has 7 heteroatoms. The van der Waals surface area contributed by atoms with Crippen LogP contribution in [0.2, 0.25) is 0 Å². The lowest BCUT2D eigenvalue weighted by atomic mass is 10.0. The van der Waals surface area contributed by atoms with Crippen LogP contribution < -0.4 is 15.4 Å². The van der Waals surface area contributed by atoms with Gasteiger partial charge in [0.15, 0.2) is 0 Å². The molecule has 1 aliphatic heterocycles. The Bertz CT molecular complexity index is 771. The van der Waals surface area contributed by atoms with Gasteiger partial charge in [0.25, 0.3) is 0 Å². The molecule has 1 atom stereocenters. The van der Waals surface area contributed by atoms with E-state index in [1.807, 2.05) is 31.1 Å². The van der Waals surface area contributed by atoms with Crippen LogP contribution in [-0.4, -0.2) is 44.0 Å². The minimum Gasteiger partial charge on any atom is -0.493 e. The van der Waals surface area contributed by atoms with Gasteiger partial charge >= 0.3 is 11.8 Å². The van der Waals surface area contributed by atoms with Crippen LogP contribution in [0.1, 0.15) is 22.9 Å². The minimum atomic E-state index is -0.679. The van der Waals surface area contributed by atoms with Gasteiger partial charge in [-0.1, -0.05) is 12.1 Å². The van der Waals surface area contributed by atoms with E-state index in [0.29, 0.717) is 18.9 Å². The summed E-state index contributed by atoms with van der Waals surface area (Å²) in [5.74, 6) is 0.180. The van der Waals surface area contributed by atoms with E-state index in [1.54, 1.807) is 12.1 Å². The summed E-state index contributed by atoms with van der Waals surface area (Å²) >= 11 is 0. The monoisotopic (exact) mass is 357 g/mol. The molecule has 0 unspecified atom stereocenters. The Morgan fingerprint density at radius 2 is 2.00 bits per heavy atom. The first kappa shape index (κ1) is 18.0. The van der Waals surface area contributed by atoms with Crippen molar-refractivity contribution in [1.29, 1.82) is 0 Å². The minimum absolute atomic E-state index is 0.0391. The van der Waals surface area contributed by atoms with Gasteiger partial charge in [-0.05, 0) is 43.4 Å². The van der Waals surface area contributed by atoms with Gasteiger partial charge in [-0.2, -0.15) is 0 Å². The topological polar surface area (TPSA) is 83.8 Å². The fraction of sp³-hybridized carbons (Fsp3) is 0.368. The quantitative estimate of drug-likeness (QED) is 0.760. The predicted octanol–water partition coefficient (Wildman–Crippen LogP) is 1.25. The maximum absolute atomic E-state index is 12.1. The number of hydrogen-bond acceptors (Lipinski definition) is 5. The third kappa shape index (κ3) is 4.23. The van der Waals surface area contributed by atoms with Crippen LogP contribution in [0.25, 0.3) is 0 Å². The van der Waals surface area contributed by atoms with Crippen LogP contribution in [0, 0.1) is 0 Å². The average Bonchev–Trinajstić information content (AvgIpc) is 3.30. The number of carbonyl (C=O) groups is 2. The lowest BCUT2D eigenvalue weighted by molar-refractivity contribution is -0.139. The highest BCUT2D eigenvalue weighted by Crippen LogP contribution is 2.29. The lowest BCUT2D eigenvalue weighted by Gasteiger charge is -2.25. The van der Waals surface area contributed by atoms with Crippen LogP contribution in [0.15, 0.2) is 41.0 Å². The fourth-order valence-electron chi connectivity index (χ4n) is 2.94. The van der Waals surface area contributed by atoms with Gasteiger partial charge in [0.2, 0.25) is 0 Å². The molecule has 0 aliphatic carbocycles. The number of amides is 2. The molecule has 2 aromatic rings. The molecule has 1 aromatic carbocycles. The predicted molar refractivity (Wildman–Crippen MR) is 95.6 cm³/mol. The van der Waals surface area contributed by atoms with Gasteiger partial charge < -0.3 is 24.7 Å². The van der Waals surface area contributed by atoms with Gasteiger partial charge in [0, 0.05) is 13.0 Å². The zero-order valence-corrected chi connectivity index (χ0v) is 15.0. The van der Waals surface area contributed by atoms with Gasteiger partial charge in [0.05, 0.1) is 25.5 Å². The summed E-state index contributed by atoms with van der Waals surface area (Å²) in [7, 11) is 3.88. The molecule has 3 rings (SSSR count). The number of benzene rings is 1. The van der Waals surface area contributed by atoms with Gasteiger partial charge in [0.1, 0.15) is 11.5 Å². The summed E-state index contributed by atoms with van der Waals surface area (Å²) < 4.78 is 10.7. The zero-order valence-electron chi connectivity index (χ0n) is 15.0. The molecule has 1 aliphatic rings. The molecule has 0 saturated heterocycles. The smallest absolute Gasteiger partial charge is 0.309 e. The Kier molecular flexibility index (Phi) is 5.58. The van der Waals surface area contributed by atoms with Gasteiger partial charge in [-0.15, -0.1) is 0 Å². The molecule has 0 bridgehead atoms. The van der Waals surface area contributed by atoms with Crippen molar-refractivity contribution in [3.63, 3.8) is 0 Å². The summed E-state index contributed by atoms with van der Waals surface area (Å²) in [6.07, 6.45) is 2.41. The zero-order chi connectivity index (χ0) is 18.5. The Morgan fingerprint density at radius 1 is 1.19 bits per heavy atom. The molecule has 0 radical (unpaired) electrons. The summed E-state index contributed by atoms with van der Waals surface area (Å²) in [6.45, 7) is 1.22. The number of carbonyl (C=O) groups excluding carboxylic acids is 2. The second kappa shape index (κ2) is 8.05. The third-order valence-corrected chi connectivity index (χ3v) is 4.39. The molecular weight excluding hydrogens is 334 g/mol. The van der Waals surface area contributed by atoms with Crippen LogP contribution in [0.3, 0.4) is 0 Å². The Balaban J connectivity index is 1.56. The van der Waals surface area contributed by atoms with Gasteiger partial charge in [-0.25, -0.2) is 0 Å². The van der Waals surface area contributed by atoms with Crippen molar-refractivity contribution >= 4 is 11.8 Å². The normalized spacial score (nSPS) is 13.8. The molecule has 2 heterocycles. The van der Waals surface area contributed by atoms with Crippen molar-refractivity contribution in [2.45, 2.75) is 19.0 Å².